The zero-order chi connectivity index (χ0) is 13.5. The van der Waals surface area contributed by atoms with Crippen molar-refractivity contribution in [2.75, 3.05) is 19.6 Å². The molecule has 0 aliphatic carbocycles. The Hall–Kier alpha value is -1.15. The summed E-state index contributed by atoms with van der Waals surface area (Å²) in [5.41, 5.74) is 0. The highest BCUT2D eigenvalue weighted by molar-refractivity contribution is 5.72. The van der Waals surface area contributed by atoms with Crippen molar-refractivity contribution in [3.8, 4) is 0 Å². The average Bonchev–Trinajstić information content (AvgIpc) is 2.34. The van der Waals surface area contributed by atoms with Gasteiger partial charge < -0.3 is 9.69 Å². The summed E-state index contributed by atoms with van der Waals surface area (Å²) in [6.45, 7) is 13.2. The van der Waals surface area contributed by atoms with Gasteiger partial charge in [0.05, 0.1) is 0 Å². The number of hydrogen-bond donors (Lipinski definition) is 0. The Labute approximate surface area is 107 Å². The second-order valence-corrected chi connectivity index (χ2v) is 3.68. The van der Waals surface area contributed by atoms with Crippen molar-refractivity contribution >= 4 is 5.78 Å². The van der Waals surface area contributed by atoms with E-state index in [0.717, 1.165) is 0 Å². The van der Waals surface area contributed by atoms with E-state index in [1.165, 1.54) is 33.5 Å². The largest absolute Gasteiger partial charge is 0.304 e. The number of rotatable bonds is 3. The Morgan fingerprint density at radius 1 is 0.765 bits per heavy atom. The smallest absolute Gasteiger partial charge is 0.126 e. The highest BCUT2D eigenvalue weighted by Gasteiger charge is 1.89. The molecule has 0 aromatic heterocycles. The van der Waals surface area contributed by atoms with Crippen LogP contribution in [0.1, 0.15) is 34.6 Å². The molecule has 2 nitrogen and oxygen atoms in total. The lowest BCUT2D eigenvalue weighted by Crippen LogP contribution is -2.21. The fraction of sp³-hybridized carbons (Fsp3) is 0.533. The molecule has 0 spiro atoms. The molecule has 0 amide bonds. The van der Waals surface area contributed by atoms with E-state index in [1.54, 1.807) is 0 Å². The highest BCUT2D eigenvalue weighted by Crippen LogP contribution is 1.81. The van der Waals surface area contributed by atoms with Crippen LogP contribution in [0.5, 0.6) is 0 Å². The summed E-state index contributed by atoms with van der Waals surface area (Å²) in [5.74, 6) is 0.167. The minimum atomic E-state index is 0.167. The molecule has 0 heterocycles. The van der Waals surface area contributed by atoms with E-state index in [-0.39, 0.29) is 5.78 Å². The van der Waals surface area contributed by atoms with E-state index >= 15 is 0 Å². The lowest BCUT2D eigenvalue weighted by Gasteiger charge is -2.13. The third-order valence-electron chi connectivity index (χ3n) is 2.01. The number of ketones is 1. The normalized spacial score (nSPS) is 8.59. The summed E-state index contributed by atoms with van der Waals surface area (Å²) in [5, 5.41) is 0. The van der Waals surface area contributed by atoms with Gasteiger partial charge in [0.15, 0.2) is 0 Å². The van der Waals surface area contributed by atoms with Gasteiger partial charge in [0.1, 0.15) is 5.78 Å². The summed E-state index contributed by atoms with van der Waals surface area (Å²) < 4.78 is 0. The molecule has 0 atom stereocenters. The number of nitrogens with zero attached hydrogens (tertiary/aromatic N) is 1. The molecule has 17 heavy (non-hydrogen) atoms. The highest BCUT2D eigenvalue weighted by atomic mass is 16.1. The SMILES string of the molecule is CC(C)=O.CCN(CC)CC.c1ccccc1. The Bertz CT molecular complexity index is 206. The summed E-state index contributed by atoms with van der Waals surface area (Å²) in [7, 11) is 0. The van der Waals surface area contributed by atoms with Crippen molar-refractivity contribution < 1.29 is 4.79 Å². The molecule has 1 rings (SSSR count). The summed E-state index contributed by atoms with van der Waals surface area (Å²) in [6, 6.07) is 12.0. The first-order valence-electron chi connectivity index (χ1n) is 6.27. The van der Waals surface area contributed by atoms with E-state index in [2.05, 4.69) is 25.7 Å². The molecular formula is C15H27NO. The Balaban J connectivity index is 0. The molecule has 1 aromatic rings. The maximum atomic E-state index is 9.44. The van der Waals surface area contributed by atoms with Gasteiger partial charge in [-0.1, -0.05) is 57.2 Å². The maximum absolute atomic E-state index is 9.44. The molecule has 0 bridgehead atoms. The molecule has 0 N–H and O–H groups in total. The van der Waals surface area contributed by atoms with Crippen LogP contribution >= 0.6 is 0 Å². The molecular weight excluding hydrogens is 210 g/mol. The quantitative estimate of drug-likeness (QED) is 0.800. The van der Waals surface area contributed by atoms with E-state index in [4.69, 9.17) is 0 Å². The first-order valence-corrected chi connectivity index (χ1v) is 6.27. The van der Waals surface area contributed by atoms with Crippen LogP contribution in [0.3, 0.4) is 0 Å². The molecule has 0 saturated carbocycles. The number of carbonyl (C=O) groups excluding carboxylic acids is 1. The van der Waals surface area contributed by atoms with E-state index in [9.17, 15) is 4.79 Å². The maximum Gasteiger partial charge on any atom is 0.126 e. The molecule has 0 radical (unpaired) electrons. The number of Topliss-reactive ketones (excluding diaryl/α,β-unsaturated/α-hetero) is 1. The van der Waals surface area contributed by atoms with Crippen LogP contribution in [0.15, 0.2) is 36.4 Å². The first-order chi connectivity index (χ1) is 8.08. The van der Waals surface area contributed by atoms with E-state index in [1.807, 2.05) is 36.4 Å². The van der Waals surface area contributed by atoms with Crippen molar-refractivity contribution in [1.29, 1.82) is 0 Å². The minimum absolute atomic E-state index is 0.167. The zero-order valence-electron chi connectivity index (χ0n) is 11.9. The molecule has 98 valence electrons. The van der Waals surface area contributed by atoms with Gasteiger partial charge in [-0.3, -0.25) is 0 Å². The second kappa shape index (κ2) is 14.8. The van der Waals surface area contributed by atoms with Crippen LogP contribution in [0.4, 0.5) is 0 Å². The topological polar surface area (TPSA) is 20.3 Å². The van der Waals surface area contributed by atoms with Gasteiger partial charge in [-0.25, -0.2) is 0 Å². The Morgan fingerprint density at radius 3 is 1.00 bits per heavy atom. The molecule has 0 aliphatic heterocycles. The van der Waals surface area contributed by atoms with Gasteiger partial charge in [0.25, 0.3) is 0 Å². The number of hydrogen-bond acceptors (Lipinski definition) is 2. The third-order valence-corrected chi connectivity index (χ3v) is 2.01. The van der Waals surface area contributed by atoms with Crippen LogP contribution < -0.4 is 0 Å². The fourth-order valence-corrected chi connectivity index (χ4v) is 1.06. The molecule has 0 aliphatic rings. The van der Waals surface area contributed by atoms with Crippen LogP contribution in [0.2, 0.25) is 0 Å². The van der Waals surface area contributed by atoms with Gasteiger partial charge in [-0.2, -0.15) is 0 Å². The summed E-state index contributed by atoms with van der Waals surface area (Å²) in [6.07, 6.45) is 0. The molecule has 0 saturated heterocycles. The lowest BCUT2D eigenvalue weighted by molar-refractivity contribution is -0.114. The van der Waals surface area contributed by atoms with Crippen LogP contribution in [0.25, 0.3) is 0 Å². The van der Waals surface area contributed by atoms with Crippen molar-refractivity contribution in [3.05, 3.63) is 36.4 Å². The summed E-state index contributed by atoms with van der Waals surface area (Å²) >= 11 is 0. The van der Waals surface area contributed by atoms with E-state index in [0.29, 0.717) is 0 Å². The molecule has 1 aromatic carbocycles. The zero-order valence-corrected chi connectivity index (χ0v) is 11.9. The molecule has 0 fully saturated rings. The fourth-order valence-electron chi connectivity index (χ4n) is 1.06. The number of carbonyl (C=O) groups is 1. The van der Waals surface area contributed by atoms with Gasteiger partial charge >= 0.3 is 0 Å². The second-order valence-electron chi connectivity index (χ2n) is 3.68. The lowest BCUT2D eigenvalue weighted by atomic mass is 10.4. The standard InChI is InChI=1S/C6H15N.C6H6.C3H6O/c1-4-7(5-2)6-3;1-2-4-6-5-3-1;1-3(2)4/h4-6H2,1-3H3;1-6H;1-2H3. The third kappa shape index (κ3) is 20.8. The van der Waals surface area contributed by atoms with Crippen LogP contribution in [0, 0.1) is 0 Å². The molecule has 0 unspecified atom stereocenters. The Kier molecular flexibility index (Phi) is 15.9. The summed E-state index contributed by atoms with van der Waals surface area (Å²) in [4.78, 5) is 11.8. The van der Waals surface area contributed by atoms with Crippen LogP contribution in [-0.4, -0.2) is 30.3 Å². The average molecular weight is 237 g/mol. The van der Waals surface area contributed by atoms with Crippen molar-refractivity contribution in [1.82, 2.24) is 4.90 Å². The van der Waals surface area contributed by atoms with Crippen molar-refractivity contribution in [3.63, 3.8) is 0 Å². The Morgan fingerprint density at radius 2 is 0.941 bits per heavy atom. The predicted octanol–water partition coefficient (Wildman–Crippen LogP) is 3.63. The first kappa shape index (κ1) is 18.2. The van der Waals surface area contributed by atoms with Gasteiger partial charge in [-0.15, -0.1) is 0 Å². The van der Waals surface area contributed by atoms with Crippen molar-refractivity contribution in [2.45, 2.75) is 34.6 Å². The number of benzene rings is 1. The van der Waals surface area contributed by atoms with Gasteiger partial charge in [0, 0.05) is 0 Å². The van der Waals surface area contributed by atoms with E-state index < -0.39 is 0 Å². The minimum Gasteiger partial charge on any atom is -0.304 e. The molecule has 2 heteroatoms. The van der Waals surface area contributed by atoms with Gasteiger partial charge in [-0.05, 0) is 33.5 Å². The predicted molar refractivity (Wildman–Crippen MR) is 76.3 cm³/mol. The van der Waals surface area contributed by atoms with Gasteiger partial charge in [0.2, 0.25) is 0 Å². The van der Waals surface area contributed by atoms with Crippen LogP contribution in [-0.2, 0) is 4.79 Å². The monoisotopic (exact) mass is 237 g/mol. The van der Waals surface area contributed by atoms with Crippen molar-refractivity contribution in [2.24, 2.45) is 0 Å².